The minimum absolute atomic E-state index is 0.00451. The van der Waals surface area contributed by atoms with Crippen molar-refractivity contribution in [3.63, 3.8) is 0 Å². The molecule has 110 valence electrons. The van der Waals surface area contributed by atoms with Crippen LogP contribution in [0, 0.1) is 0 Å². The van der Waals surface area contributed by atoms with Gasteiger partial charge in [0.05, 0.1) is 6.42 Å². The molecule has 0 saturated carbocycles. The molecule has 3 N–H and O–H groups in total. The number of nitrogens with one attached hydrogen (secondary N) is 1. The molecule has 0 radical (unpaired) electrons. The van der Waals surface area contributed by atoms with Crippen LogP contribution in [0.15, 0.2) is 48.5 Å². The molecule has 0 spiro atoms. The number of nitrogen functional groups attached to an aromatic ring is 1. The van der Waals surface area contributed by atoms with Crippen molar-refractivity contribution in [2.75, 3.05) is 5.73 Å². The maximum atomic E-state index is 12.0. The molecule has 2 rings (SSSR count). The van der Waals surface area contributed by atoms with Gasteiger partial charge in [-0.3, -0.25) is 4.79 Å². The van der Waals surface area contributed by atoms with Crippen LogP contribution < -0.4 is 11.1 Å². The molecule has 0 aliphatic heterocycles. The van der Waals surface area contributed by atoms with Crippen LogP contribution in [0.1, 0.15) is 18.1 Å². The molecule has 4 heteroatoms. The summed E-state index contributed by atoms with van der Waals surface area (Å²) in [5.41, 5.74) is 8.41. The lowest BCUT2D eigenvalue weighted by molar-refractivity contribution is -0.121. The van der Waals surface area contributed by atoms with E-state index in [-0.39, 0.29) is 11.9 Å². The Kier molecular flexibility index (Phi) is 5.23. The summed E-state index contributed by atoms with van der Waals surface area (Å²) in [6, 6.07) is 15.1. The first kappa shape index (κ1) is 15.4. The van der Waals surface area contributed by atoms with Crippen LogP contribution >= 0.6 is 11.6 Å². The molecular formula is C17H19ClN2O. The first-order valence-corrected chi connectivity index (χ1v) is 7.29. The molecule has 0 bridgehead atoms. The maximum absolute atomic E-state index is 12.0. The van der Waals surface area contributed by atoms with Crippen LogP contribution in [0.25, 0.3) is 0 Å². The first-order valence-electron chi connectivity index (χ1n) is 6.91. The molecule has 2 aromatic carbocycles. The zero-order valence-electron chi connectivity index (χ0n) is 12.0. The second-order valence-electron chi connectivity index (χ2n) is 5.22. The summed E-state index contributed by atoms with van der Waals surface area (Å²) in [6.45, 7) is 1.98. The van der Waals surface area contributed by atoms with Crippen molar-refractivity contribution in [2.24, 2.45) is 0 Å². The van der Waals surface area contributed by atoms with Crippen molar-refractivity contribution in [3.8, 4) is 0 Å². The Morgan fingerprint density at radius 3 is 2.62 bits per heavy atom. The van der Waals surface area contributed by atoms with E-state index in [4.69, 9.17) is 17.3 Å². The molecule has 1 unspecified atom stereocenters. The molecule has 3 nitrogen and oxygen atoms in total. The zero-order chi connectivity index (χ0) is 15.2. The molecule has 2 aromatic rings. The Labute approximate surface area is 130 Å². The van der Waals surface area contributed by atoms with Gasteiger partial charge in [-0.1, -0.05) is 35.9 Å². The van der Waals surface area contributed by atoms with Crippen molar-refractivity contribution < 1.29 is 4.79 Å². The third-order valence-corrected chi connectivity index (χ3v) is 3.39. The fraction of sp³-hybridized carbons (Fsp3) is 0.235. The largest absolute Gasteiger partial charge is 0.399 e. The Bertz CT molecular complexity index is 628. The normalized spacial score (nSPS) is 11.9. The topological polar surface area (TPSA) is 55.1 Å². The van der Waals surface area contributed by atoms with E-state index in [2.05, 4.69) is 5.32 Å². The first-order chi connectivity index (χ1) is 10.0. The quantitative estimate of drug-likeness (QED) is 0.833. The Morgan fingerprint density at radius 1 is 1.19 bits per heavy atom. The van der Waals surface area contributed by atoms with Crippen LogP contribution in [-0.4, -0.2) is 11.9 Å². The van der Waals surface area contributed by atoms with Gasteiger partial charge in [0.2, 0.25) is 5.91 Å². The van der Waals surface area contributed by atoms with Crippen molar-refractivity contribution in [3.05, 3.63) is 64.7 Å². The van der Waals surface area contributed by atoms with Gasteiger partial charge in [0.1, 0.15) is 0 Å². The number of hydrogen-bond donors (Lipinski definition) is 2. The van der Waals surface area contributed by atoms with Crippen molar-refractivity contribution >= 4 is 23.2 Å². The number of nitrogens with two attached hydrogens (primary N) is 1. The van der Waals surface area contributed by atoms with Crippen LogP contribution in [-0.2, 0) is 17.6 Å². The minimum Gasteiger partial charge on any atom is -0.399 e. The lowest BCUT2D eigenvalue weighted by Gasteiger charge is -2.14. The summed E-state index contributed by atoms with van der Waals surface area (Å²) in [5.74, 6) is -0.00451. The number of amides is 1. The molecule has 0 aliphatic rings. The van der Waals surface area contributed by atoms with Gasteiger partial charge in [-0.15, -0.1) is 0 Å². The zero-order valence-corrected chi connectivity index (χ0v) is 12.7. The van der Waals surface area contributed by atoms with Gasteiger partial charge >= 0.3 is 0 Å². The number of hydrogen-bond acceptors (Lipinski definition) is 2. The molecular weight excluding hydrogens is 284 g/mol. The van der Waals surface area contributed by atoms with Crippen molar-refractivity contribution in [1.82, 2.24) is 5.32 Å². The highest BCUT2D eigenvalue weighted by atomic mass is 35.5. The second-order valence-corrected chi connectivity index (χ2v) is 5.66. The Balaban J connectivity index is 1.87. The number of anilines is 1. The van der Waals surface area contributed by atoms with E-state index < -0.39 is 0 Å². The van der Waals surface area contributed by atoms with Gasteiger partial charge in [0.25, 0.3) is 0 Å². The van der Waals surface area contributed by atoms with Gasteiger partial charge in [-0.2, -0.15) is 0 Å². The summed E-state index contributed by atoms with van der Waals surface area (Å²) < 4.78 is 0. The smallest absolute Gasteiger partial charge is 0.224 e. The molecule has 1 atom stereocenters. The number of halogens is 1. The molecule has 0 heterocycles. The number of carbonyl (C=O) groups excluding carboxylic acids is 1. The highest BCUT2D eigenvalue weighted by molar-refractivity contribution is 6.30. The summed E-state index contributed by atoms with van der Waals surface area (Å²) in [4.78, 5) is 12.0. The lowest BCUT2D eigenvalue weighted by atomic mass is 10.1. The minimum atomic E-state index is -0.00451. The highest BCUT2D eigenvalue weighted by Crippen LogP contribution is 2.12. The van der Waals surface area contributed by atoms with Crippen molar-refractivity contribution in [2.45, 2.75) is 25.8 Å². The van der Waals surface area contributed by atoms with Gasteiger partial charge < -0.3 is 11.1 Å². The van der Waals surface area contributed by atoms with Crippen LogP contribution in [0.3, 0.4) is 0 Å². The van der Waals surface area contributed by atoms with Crippen LogP contribution in [0.5, 0.6) is 0 Å². The lowest BCUT2D eigenvalue weighted by Crippen LogP contribution is -2.35. The van der Waals surface area contributed by atoms with E-state index in [1.165, 1.54) is 0 Å². The summed E-state index contributed by atoms with van der Waals surface area (Å²) >= 11 is 5.96. The fourth-order valence-corrected chi connectivity index (χ4v) is 2.50. The molecule has 1 amide bonds. The molecule has 0 aliphatic carbocycles. The standard InChI is InChI=1S/C17H19ClN2O/c1-12(8-13-4-2-6-15(18)9-13)20-17(21)11-14-5-3-7-16(19)10-14/h2-7,9-10,12H,8,11,19H2,1H3,(H,20,21). The maximum Gasteiger partial charge on any atom is 0.224 e. The molecule has 0 aromatic heterocycles. The summed E-state index contributed by atoms with van der Waals surface area (Å²) in [5, 5.41) is 3.71. The van der Waals surface area contributed by atoms with E-state index in [1.807, 2.05) is 55.5 Å². The van der Waals surface area contributed by atoms with Crippen LogP contribution in [0.2, 0.25) is 5.02 Å². The molecule has 0 saturated heterocycles. The third-order valence-electron chi connectivity index (χ3n) is 3.15. The van der Waals surface area contributed by atoms with E-state index >= 15 is 0 Å². The second kappa shape index (κ2) is 7.14. The Morgan fingerprint density at radius 2 is 1.90 bits per heavy atom. The SMILES string of the molecule is CC(Cc1cccc(Cl)c1)NC(=O)Cc1cccc(N)c1. The predicted molar refractivity (Wildman–Crippen MR) is 87.3 cm³/mol. The van der Waals surface area contributed by atoms with E-state index in [1.54, 1.807) is 0 Å². The monoisotopic (exact) mass is 302 g/mol. The van der Waals surface area contributed by atoms with Gasteiger partial charge in [0, 0.05) is 16.8 Å². The van der Waals surface area contributed by atoms with Gasteiger partial charge in [-0.25, -0.2) is 0 Å². The molecule has 0 fully saturated rings. The van der Waals surface area contributed by atoms with E-state index in [0.29, 0.717) is 17.1 Å². The predicted octanol–water partition coefficient (Wildman–Crippen LogP) is 3.21. The van der Waals surface area contributed by atoms with Crippen molar-refractivity contribution in [1.29, 1.82) is 0 Å². The van der Waals surface area contributed by atoms with E-state index in [9.17, 15) is 4.79 Å². The molecule has 21 heavy (non-hydrogen) atoms. The fourth-order valence-electron chi connectivity index (χ4n) is 2.28. The number of carbonyl (C=O) groups is 1. The summed E-state index contributed by atoms with van der Waals surface area (Å²) in [7, 11) is 0. The average molecular weight is 303 g/mol. The van der Waals surface area contributed by atoms with Gasteiger partial charge in [-0.05, 0) is 48.7 Å². The summed E-state index contributed by atoms with van der Waals surface area (Å²) in [6.07, 6.45) is 1.09. The number of rotatable bonds is 5. The third kappa shape index (κ3) is 5.12. The van der Waals surface area contributed by atoms with Gasteiger partial charge in [0.15, 0.2) is 0 Å². The Hall–Kier alpha value is -2.00. The van der Waals surface area contributed by atoms with Crippen LogP contribution in [0.4, 0.5) is 5.69 Å². The highest BCUT2D eigenvalue weighted by Gasteiger charge is 2.09. The van der Waals surface area contributed by atoms with E-state index in [0.717, 1.165) is 17.5 Å². The average Bonchev–Trinajstić information content (AvgIpc) is 2.38. The number of benzene rings is 2.